The van der Waals surface area contributed by atoms with E-state index in [0.717, 1.165) is 0 Å². The molecular formula is C13H9BrClFO3S. The lowest BCUT2D eigenvalue weighted by atomic mass is 10.2. The minimum absolute atomic E-state index is 0.0321. The molecule has 20 heavy (non-hydrogen) atoms. The number of aryl methyl sites for hydroxylation is 1. The topological polar surface area (TPSA) is 43.4 Å². The minimum atomic E-state index is -3.78. The van der Waals surface area contributed by atoms with Gasteiger partial charge in [0, 0.05) is 10.7 Å². The van der Waals surface area contributed by atoms with Crippen LogP contribution in [0, 0.1) is 12.7 Å². The number of ether oxygens (including phenoxy) is 1. The van der Waals surface area contributed by atoms with Gasteiger partial charge in [-0.05, 0) is 64.8 Å². The summed E-state index contributed by atoms with van der Waals surface area (Å²) in [5, 5.41) is 0. The highest BCUT2D eigenvalue weighted by Crippen LogP contribution is 2.32. The van der Waals surface area contributed by atoms with Crippen molar-refractivity contribution in [3.8, 4) is 11.5 Å². The predicted octanol–water partition coefficient (Wildman–Crippen LogP) is 4.62. The quantitative estimate of drug-likeness (QED) is 0.731. The second-order valence-corrected chi connectivity index (χ2v) is 7.43. The molecule has 0 heterocycles. The van der Waals surface area contributed by atoms with Crippen LogP contribution in [0.15, 0.2) is 45.8 Å². The molecule has 2 aromatic rings. The maximum absolute atomic E-state index is 13.0. The van der Waals surface area contributed by atoms with Crippen molar-refractivity contribution < 1.29 is 17.5 Å². The van der Waals surface area contributed by atoms with Crippen LogP contribution < -0.4 is 4.74 Å². The highest BCUT2D eigenvalue weighted by molar-refractivity contribution is 9.10. The van der Waals surface area contributed by atoms with Gasteiger partial charge in [0.1, 0.15) is 17.3 Å². The largest absolute Gasteiger partial charge is 0.456 e. The zero-order chi connectivity index (χ0) is 14.9. The second-order valence-electron chi connectivity index (χ2n) is 4.04. The Balaban J connectivity index is 2.34. The highest BCUT2D eigenvalue weighted by Gasteiger charge is 2.14. The number of rotatable bonds is 3. The fourth-order valence-electron chi connectivity index (χ4n) is 1.64. The molecule has 0 aliphatic carbocycles. The van der Waals surface area contributed by atoms with Crippen LogP contribution in [0.25, 0.3) is 0 Å². The molecule has 3 nitrogen and oxygen atoms in total. The highest BCUT2D eigenvalue weighted by atomic mass is 79.9. The van der Waals surface area contributed by atoms with Crippen LogP contribution in [0.2, 0.25) is 0 Å². The number of hydrogen-bond acceptors (Lipinski definition) is 3. The average Bonchev–Trinajstić information content (AvgIpc) is 2.31. The van der Waals surface area contributed by atoms with Crippen molar-refractivity contribution in [3.63, 3.8) is 0 Å². The van der Waals surface area contributed by atoms with Crippen LogP contribution in [0.4, 0.5) is 4.39 Å². The van der Waals surface area contributed by atoms with Crippen molar-refractivity contribution in [3.05, 3.63) is 52.3 Å². The molecule has 0 amide bonds. The minimum Gasteiger partial charge on any atom is -0.456 e. The molecule has 2 rings (SSSR count). The van der Waals surface area contributed by atoms with Crippen molar-refractivity contribution in [2.45, 2.75) is 11.8 Å². The fourth-order valence-corrected chi connectivity index (χ4v) is 3.27. The Morgan fingerprint density at radius 2 is 1.90 bits per heavy atom. The molecule has 0 saturated heterocycles. The summed E-state index contributed by atoms with van der Waals surface area (Å²) in [6, 6.07) is 8.42. The zero-order valence-corrected chi connectivity index (χ0v) is 13.4. The van der Waals surface area contributed by atoms with Crippen LogP contribution in [-0.2, 0) is 9.05 Å². The molecule has 0 bridgehead atoms. The summed E-state index contributed by atoms with van der Waals surface area (Å²) in [4.78, 5) is 0.0321. The van der Waals surface area contributed by atoms with E-state index in [4.69, 9.17) is 15.4 Å². The van der Waals surface area contributed by atoms with Gasteiger partial charge in [-0.15, -0.1) is 0 Å². The first kappa shape index (κ1) is 15.3. The summed E-state index contributed by atoms with van der Waals surface area (Å²) in [6.45, 7) is 1.61. The normalized spacial score (nSPS) is 11.4. The Hall–Kier alpha value is -1.11. The lowest BCUT2D eigenvalue weighted by Gasteiger charge is -2.09. The van der Waals surface area contributed by atoms with E-state index >= 15 is 0 Å². The number of halogens is 3. The first-order chi connectivity index (χ1) is 9.27. The molecule has 0 saturated carbocycles. The van der Waals surface area contributed by atoms with Crippen molar-refractivity contribution in [1.29, 1.82) is 0 Å². The van der Waals surface area contributed by atoms with Gasteiger partial charge in [-0.25, -0.2) is 12.8 Å². The Bertz CT molecular complexity index is 762. The molecule has 0 N–H and O–H groups in total. The van der Waals surface area contributed by atoms with Gasteiger partial charge in [0.25, 0.3) is 9.05 Å². The lowest BCUT2D eigenvalue weighted by Crippen LogP contribution is -1.95. The van der Waals surface area contributed by atoms with Crippen molar-refractivity contribution in [1.82, 2.24) is 0 Å². The van der Waals surface area contributed by atoms with Crippen LogP contribution in [0.1, 0.15) is 5.56 Å². The molecule has 0 unspecified atom stereocenters. The summed E-state index contributed by atoms with van der Waals surface area (Å²) in [5.74, 6) is 0.468. The first-order valence-corrected chi connectivity index (χ1v) is 8.56. The van der Waals surface area contributed by atoms with Crippen molar-refractivity contribution in [2.75, 3.05) is 0 Å². The molecule has 0 atom stereocenters. The monoisotopic (exact) mass is 378 g/mol. The fraction of sp³-hybridized carbons (Fsp3) is 0.0769. The van der Waals surface area contributed by atoms with E-state index in [9.17, 15) is 12.8 Å². The smallest absolute Gasteiger partial charge is 0.261 e. The maximum Gasteiger partial charge on any atom is 0.261 e. The summed E-state index contributed by atoms with van der Waals surface area (Å²) in [6.07, 6.45) is 0. The van der Waals surface area contributed by atoms with Crippen LogP contribution >= 0.6 is 26.6 Å². The summed E-state index contributed by atoms with van der Waals surface area (Å²) < 4.78 is 41.6. The van der Waals surface area contributed by atoms with E-state index in [0.29, 0.717) is 21.5 Å². The molecule has 7 heteroatoms. The Morgan fingerprint density at radius 3 is 2.45 bits per heavy atom. The van der Waals surface area contributed by atoms with Gasteiger partial charge in [-0.3, -0.25) is 0 Å². The number of hydrogen-bond donors (Lipinski definition) is 0. The van der Waals surface area contributed by atoms with Gasteiger partial charge >= 0.3 is 0 Å². The Kier molecular flexibility index (Phi) is 4.36. The van der Waals surface area contributed by atoms with Crippen LogP contribution in [-0.4, -0.2) is 8.42 Å². The van der Waals surface area contributed by atoms with E-state index in [1.54, 1.807) is 13.0 Å². The van der Waals surface area contributed by atoms with Crippen LogP contribution in [0.3, 0.4) is 0 Å². The molecule has 2 aromatic carbocycles. The van der Waals surface area contributed by atoms with Gasteiger partial charge in [0.2, 0.25) is 0 Å². The summed E-state index contributed by atoms with van der Waals surface area (Å²) in [5.41, 5.74) is 0.468. The lowest BCUT2D eigenvalue weighted by molar-refractivity contribution is 0.476. The third-order valence-corrected chi connectivity index (χ3v) is 4.63. The predicted molar refractivity (Wildman–Crippen MR) is 78.4 cm³/mol. The third kappa shape index (κ3) is 3.50. The second kappa shape index (κ2) is 5.71. The van der Waals surface area contributed by atoms with Crippen LogP contribution in [0.5, 0.6) is 11.5 Å². The van der Waals surface area contributed by atoms with Gasteiger partial charge < -0.3 is 4.74 Å². The Morgan fingerprint density at radius 1 is 1.20 bits per heavy atom. The van der Waals surface area contributed by atoms with Gasteiger partial charge in [0.05, 0.1) is 9.37 Å². The molecule has 0 aliphatic heterocycles. The molecule has 0 aliphatic rings. The molecule has 0 radical (unpaired) electrons. The summed E-state index contributed by atoms with van der Waals surface area (Å²) in [7, 11) is 1.52. The average molecular weight is 380 g/mol. The molecule has 106 valence electrons. The van der Waals surface area contributed by atoms with E-state index < -0.39 is 9.05 Å². The van der Waals surface area contributed by atoms with Gasteiger partial charge in [-0.1, -0.05) is 0 Å². The number of benzene rings is 2. The molecule has 0 spiro atoms. The maximum atomic E-state index is 13.0. The van der Waals surface area contributed by atoms with Gasteiger partial charge in [0.15, 0.2) is 0 Å². The third-order valence-electron chi connectivity index (χ3n) is 2.53. The van der Waals surface area contributed by atoms with Gasteiger partial charge in [-0.2, -0.15) is 0 Å². The van der Waals surface area contributed by atoms with Crippen molar-refractivity contribution >= 4 is 35.7 Å². The molecule has 0 fully saturated rings. The summed E-state index contributed by atoms with van der Waals surface area (Å²) >= 11 is 3.19. The van der Waals surface area contributed by atoms with E-state index in [-0.39, 0.29) is 10.7 Å². The van der Waals surface area contributed by atoms with Crippen molar-refractivity contribution in [2.24, 2.45) is 0 Å². The molecule has 0 aromatic heterocycles. The standard InChI is InChI=1S/C13H9BrClFO3S/c1-8-6-10(3-5-13(8)20(15,17)18)19-12-4-2-9(16)7-11(12)14/h2-7H,1H3. The Labute approximate surface area is 128 Å². The molecular weight excluding hydrogens is 371 g/mol. The van der Waals surface area contributed by atoms with E-state index in [2.05, 4.69) is 15.9 Å². The van der Waals surface area contributed by atoms with E-state index in [1.807, 2.05) is 0 Å². The SMILES string of the molecule is Cc1cc(Oc2ccc(F)cc2Br)ccc1S(=O)(=O)Cl. The zero-order valence-electron chi connectivity index (χ0n) is 10.2. The van der Waals surface area contributed by atoms with E-state index in [1.165, 1.54) is 30.3 Å². The first-order valence-electron chi connectivity index (χ1n) is 5.45.